The lowest BCUT2D eigenvalue weighted by atomic mass is 10.3. The maximum atomic E-state index is 11.2. The second kappa shape index (κ2) is 4.46. The normalized spacial score (nSPS) is 14.9. The van der Waals surface area contributed by atoms with E-state index in [0.29, 0.717) is 5.89 Å². The topological polar surface area (TPSA) is 55.1 Å². The molecular formula is C9H13ClN2O2. The van der Waals surface area contributed by atoms with Gasteiger partial charge in [0.15, 0.2) is 0 Å². The van der Waals surface area contributed by atoms with Crippen molar-refractivity contribution in [2.45, 2.75) is 32.2 Å². The fourth-order valence-electron chi connectivity index (χ4n) is 0.962. The van der Waals surface area contributed by atoms with Crippen LogP contribution in [0.1, 0.15) is 31.5 Å². The molecule has 5 heteroatoms. The number of oxazole rings is 1. The first kappa shape index (κ1) is 11.0. The molecule has 1 aromatic heterocycles. The summed E-state index contributed by atoms with van der Waals surface area (Å²) in [6.07, 6.45) is 1.61. The predicted octanol–water partition coefficient (Wildman–Crippen LogP) is 1.79. The van der Waals surface area contributed by atoms with Gasteiger partial charge >= 0.3 is 0 Å². The van der Waals surface area contributed by atoms with Gasteiger partial charge in [0.1, 0.15) is 17.2 Å². The Balaban J connectivity index is 2.59. The number of hydrogen-bond donors (Lipinski definition) is 1. The Hall–Kier alpha value is -1.03. The van der Waals surface area contributed by atoms with Crippen LogP contribution in [0.3, 0.4) is 0 Å². The van der Waals surface area contributed by atoms with E-state index in [9.17, 15) is 4.79 Å². The zero-order valence-electron chi connectivity index (χ0n) is 8.37. The van der Waals surface area contributed by atoms with Gasteiger partial charge in [-0.2, -0.15) is 0 Å². The minimum atomic E-state index is -0.548. The lowest BCUT2D eigenvalue weighted by Gasteiger charge is -2.11. The van der Waals surface area contributed by atoms with E-state index in [1.807, 2.05) is 0 Å². The van der Waals surface area contributed by atoms with Gasteiger partial charge in [-0.1, -0.05) is 0 Å². The van der Waals surface area contributed by atoms with Crippen LogP contribution in [0.25, 0.3) is 0 Å². The Labute approximate surface area is 87.6 Å². The Bertz CT molecular complexity index is 322. The molecule has 4 nitrogen and oxygen atoms in total. The fraction of sp³-hybridized carbons (Fsp3) is 0.556. The van der Waals surface area contributed by atoms with Gasteiger partial charge in [0.25, 0.3) is 0 Å². The van der Waals surface area contributed by atoms with Gasteiger partial charge in [-0.3, -0.25) is 4.79 Å². The van der Waals surface area contributed by atoms with E-state index >= 15 is 0 Å². The molecule has 1 aromatic rings. The standard InChI is InChI=1S/C9H13ClN2O2/c1-5-4-11-9(14-5)7(3)12-8(13)6(2)10/h4,6-7H,1-3H3,(H,12,13). The van der Waals surface area contributed by atoms with Crippen molar-refractivity contribution in [1.29, 1.82) is 0 Å². The summed E-state index contributed by atoms with van der Waals surface area (Å²) in [6.45, 7) is 5.21. The highest BCUT2D eigenvalue weighted by Gasteiger charge is 2.16. The lowest BCUT2D eigenvalue weighted by Crippen LogP contribution is -2.32. The number of aryl methyl sites for hydroxylation is 1. The van der Waals surface area contributed by atoms with Crippen LogP contribution in [-0.2, 0) is 4.79 Å². The molecule has 14 heavy (non-hydrogen) atoms. The molecule has 0 saturated heterocycles. The van der Waals surface area contributed by atoms with E-state index in [4.69, 9.17) is 16.0 Å². The summed E-state index contributed by atoms with van der Waals surface area (Å²) in [5, 5.41) is 2.13. The molecule has 0 aliphatic heterocycles. The van der Waals surface area contributed by atoms with Crippen molar-refractivity contribution in [1.82, 2.24) is 10.3 Å². The molecule has 1 rings (SSSR count). The van der Waals surface area contributed by atoms with E-state index in [-0.39, 0.29) is 11.9 Å². The van der Waals surface area contributed by atoms with E-state index in [0.717, 1.165) is 5.76 Å². The van der Waals surface area contributed by atoms with Crippen molar-refractivity contribution >= 4 is 17.5 Å². The van der Waals surface area contributed by atoms with Crippen LogP contribution in [0.5, 0.6) is 0 Å². The minimum absolute atomic E-state index is 0.227. The fourth-order valence-corrected chi connectivity index (χ4v) is 1.03. The van der Waals surface area contributed by atoms with Crippen molar-refractivity contribution in [3.63, 3.8) is 0 Å². The molecule has 2 unspecified atom stereocenters. The lowest BCUT2D eigenvalue weighted by molar-refractivity contribution is -0.121. The summed E-state index contributed by atoms with van der Waals surface area (Å²) in [5.41, 5.74) is 0. The summed E-state index contributed by atoms with van der Waals surface area (Å²) in [5.74, 6) is 0.989. The number of amides is 1. The van der Waals surface area contributed by atoms with Gasteiger partial charge < -0.3 is 9.73 Å². The average molecular weight is 217 g/mol. The highest BCUT2D eigenvalue weighted by atomic mass is 35.5. The zero-order chi connectivity index (χ0) is 10.7. The molecule has 1 N–H and O–H groups in total. The van der Waals surface area contributed by atoms with Crippen LogP contribution in [0.2, 0.25) is 0 Å². The summed E-state index contributed by atoms with van der Waals surface area (Å²) in [4.78, 5) is 15.2. The molecule has 0 aromatic carbocycles. The Morgan fingerprint density at radius 1 is 1.64 bits per heavy atom. The predicted molar refractivity (Wildman–Crippen MR) is 53.1 cm³/mol. The number of rotatable bonds is 3. The third-order valence-corrected chi connectivity index (χ3v) is 1.93. The van der Waals surface area contributed by atoms with E-state index in [1.54, 1.807) is 27.0 Å². The van der Waals surface area contributed by atoms with Crippen LogP contribution >= 0.6 is 11.6 Å². The number of nitrogens with one attached hydrogen (secondary N) is 1. The second-order valence-electron chi connectivity index (χ2n) is 3.16. The Morgan fingerprint density at radius 2 is 2.29 bits per heavy atom. The van der Waals surface area contributed by atoms with Crippen LogP contribution in [0.4, 0.5) is 0 Å². The summed E-state index contributed by atoms with van der Waals surface area (Å²) in [6, 6.07) is -0.252. The molecule has 0 spiro atoms. The average Bonchev–Trinajstić information content (AvgIpc) is 2.51. The monoisotopic (exact) mass is 216 g/mol. The molecule has 0 fully saturated rings. The molecule has 0 saturated carbocycles. The minimum Gasteiger partial charge on any atom is -0.444 e. The zero-order valence-corrected chi connectivity index (χ0v) is 9.13. The highest BCUT2D eigenvalue weighted by molar-refractivity contribution is 6.30. The van der Waals surface area contributed by atoms with Gasteiger partial charge in [-0.25, -0.2) is 4.98 Å². The quantitative estimate of drug-likeness (QED) is 0.784. The number of hydrogen-bond acceptors (Lipinski definition) is 3. The maximum Gasteiger partial charge on any atom is 0.238 e. The van der Waals surface area contributed by atoms with Crippen LogP contribution in [-0.4, -0.2) is 16.3 Å². The van der Waals surface area contributed by atoms with Gasteiger partial charge in [-0.05, 0) is 20.8 Å². The maximum absolute atomic E-state index is 11.2. The molecule has 0 bridgehead atoms. The first-order chi connectivity index (χ1) is 6.50. The first-order valence-corrected chi connectivity index (χ1v) is 4.81. The van der Waals surface area contributed by atoms with Crippen molar-refractivity contribution in [2.75, 3.05) is 0 Å². The van der Waals surface area contributed by atoms with E-state index in [2.05, 4.69) is 10.3 Å². The SMILES string of the molecule is Cc1cnc(C(C)NC(=O)C(C)Cl)o1. The van der Waals surface area contributed by atoms with Gasteiger partial charge in [0.2, 0.25) is 11.8 Å². The smallest absolute Gasteiger partial charge is 0.238 e. The molecule has 0 aliphatic rings. The van der Waals surface area contributed by atoms with Crippen molar-refractivity contribution in [2.24, 2.45) is 0 Å². The van der Waals surface area contributed by atoms with Gasteiger partial charge in [0.05, 0.1) is 6.20 Å². The van der Waals surface area contributed by atoms with Crippen molar-refractivity contribution in [3.8, 4) is 0 Å². The third kappa shape index (κ3) is 2.73. The summed E-state index contributed by atoms with van der Waals surface area (Å²) >= 11 is 5.60. The van der Waals surface area contributed by atoms with Crippen molar-refractivity contribution in [3.05, 3.63) is 17.8 Å². The number of alkyl halides is 1. The number of nitrogens with zero attached hydrogens (tertiary/aromatic N) is 1. The van der Waals surface area contributed by atoms with Crippen molar-refractivity contribution < 1.29 is 9.21 Å². The second-order valence-corrected chi connectivity index (χ2v) is 3.81. The number of carbonyl (C=O) groups excluding carboxylic acids is 1. The van der Waals surface area contributed by atoms with Crippen LogP contribution < -0.4 is 5.32 Å². The van der Waals surface area contributed by atoms with Crippen LogP contribution in [0.15, 0.2) is 10.6 Å². The first-order valence-electron chi connectivity index (χ1n) is 4.37. The number of carbonyl (C=O) groups is 1. The summed E-state index contributed by atoms with van der Waals surface area (Å²) < 4.78 is 5.26. The van der Waals surface area contributed by atoms with E-state index in [1.165, 1.54) is 0 Å². The third-order valence-electron chi connectivity index (χ3n) is 1.73. The van der Waals surface area contributed by atoms with Gasteiger partial charge in [0, 0.05) is 0 Å². The molecule has 1 heterocycles. The Kier molecular flexibility index (Phi) is 3.52. The summed E-state index contributed by atoms with van der Waals surface area (Å²) in [7, 11) is 0. The molecule has 78 valence electrons. The molecule has 2 atom stereocenters. The van der Waals surface area contributed by atoms with Gasteiger partial charge in [-0.15, -0.1) is 11.6 Å². The Morgan fingerprint density at radius 3 is 2.71 bits per heavy atom. The largest absolute Gasteiger partial charge is 0.444 e. The molecule has 0 aliphatic carbocycles. The molecular weight excluding hydrogens is 204 g/mol. The molecule has 1 amide bonds. The molecule has 0 radical (unpaired) electrons. The van der Waals surface area contributed by atoms with Crippen LogP contribution in [0, 0.1) is 6.92 Å². The number of aromatic nitrogens is 1. The van der Waals surface area contributed by atoms with E-state index < -0.39 is 5.38 Å². The number of halogens is 1. The highest BCUT2D eigenvalue weighted by Crippen LogP contribution is 2.12.